The normalized spacial score (nSPS) is 10.4. The van der Waals surface area contributed by atoms with E-state index >= 15 is 0 Å². The van der Waals surface area contributed by atoms with Gasteiger partial charge in [-0.05, 0) is 49.4 Å². The zero-order valence-electron chi connectivity index (χ0n) is 11.8. The molecule has 0 saturated heterocycles. The third-order valence-corrected chi connectivity index (χ3v) is 3.95. The molecule has 0 spiro atoms. The number of hydrogen-bond donors (Lipinski definition) is 1. The number of anilines is 2. The van der Waals surface area contributed by atoms with Crippen molar-refractivity contribution in [2.24, 2.45) is 0 Å². The standard InChI is InChI=1S/C16H17FN2OS/c1-2-19(14-8-6-12(17)7-9-14)16(20)11-21-15-5-3-4-13(18)10-15/h3-10H,2,11,18H2,1H3. The molecule has 0 unspecified atom stereocenters. The molecule has 2 N–H and O–H groups in total. The quantitative estimate of drug-likeness (QED) is 0.678. The van der Waals surface area contributed by atoms with Crippen LogP contribution in [0.5, 0.6) is 0 Å². The predicted octanol–water partition coefficient (Wildman–Crippen LogP) is 3.55. The molecule has 0 bridgehead atoms. The van der Waals surface area contributed by atoms with Gasteiger partial charge in [0.1, 0.15) is 5.82 Å². The summed E-state index contributed by atoms with van der Waals surface area (Å²) in [5, 5.41) is 0. The average molecular weight is 304 g/mol. The van der Waals surface area contributed by atoms with Crippen molar-refractivity contribution in [3.63, 3.8) is 0 Å². The fourth-order valence-corrected chi connectivity index (χ4v) is 2.79. The van der Waals surface area contributed by atoms with Gasteiger partial charge in [0.15, 0.2) is 0 Å². The van der Waals surface area contributed by atoms with Gasteiger partial charge in [0.25, 0.3) is 0 Å². The summed E-state index contributed by atoms with van der Waals surface area (Å²) < 4.78 is 12.9. The Bertz CT molecular complexity index is 616. The summed E-state index contributed by atoms with van der Waals surface area (Å²) in [7, 11) is 0. The smallest absolute Gasteiger partial charge is 0.237 e. The lowest BCUT2D eigenvalue weighted by Gasteiger charge is -2.20. The van der Waals surface area contributed by atoms with Crippen LogP contribution in [0.1, 0.15) is 6.92 Å². The van der Waals surface area contributed by atoms with Crippen LogP contribution in [0, 0.1) is 5.82 Å². The number of halogens is 1. The van der Waals surface area contributed by atoms with Crippen molar-refractivity contribution < 1.29 is 9.18 Å². The van der Waals surface area contributed by atoms with Gasteiger partial charge in [0.2, 0.25) is 5.91 Å². The summed E-state index contributed by atoms with van der Waals surface area (Å²) in [6.07, 6.45) is 0. The number of carbonyl (C=O) groups excluding carboxylic acids is 1. The largest absolute Gasteiger partial charge is 0.399 e. The monoisotopic (exact) mass is 304 g/mol. The molecule has 1 amide bonds. The Kier molecular flexibility index (Phi) is 5.22. The lowest BCUT2D eigenvalue weighted by molar-refractivity contribution is -0.116. The number of hydrogen-bond acceptors (Lipinski definition) is 3. The number of nitrogens with two attached hydrogens (primary N) is 1. The fourth-order valence-electron chi connectivity index (χ4n) is 1.95. The van der Waals surface area contributed by atoms with Crippen molar-refractivity contribution in [3.8, 4) is 0 Å². The molecular formula is C16H17FN2OS. The highest BCUT2D eigenvalue weighted by atomic mass is 32.2. The molecule has 110 valence electrons. The summed E-state index contributed by atoms with van der Waals surface area (Å²) in [6, 6.07) is 13.4. The van der Waals surface area contributed by atoms with E-state index in [4.69, 9.17) is 5.73 Å². The van der Waals surface area contributed by atoms with Crippen molar-refractivity contribution in [2.45, 2.75) is 11.8 Å². The van der Waals surface area contributed by atoms with Gasteiger partial charge < -0.3 is 10.6 Å². The third-order valence-electron chi connectivity index (χ3n) is 2.98. The minimum atomic E-state index is -0.309. The molecule has 0 fully saturated rings. The Morgan fingerprint density at radius 1 is 1.24 bits per heavy atom. The number of amides is 1. The molecular weight excluding hydrogens is 287 g/mol. The number of benzene rings is 2. The molecule has 2 aromatic carbocycles. The van der Waals surface area contributed by atoms with Gasteiger partial charge in [0, 0.05) is 22.8 Å². The molecule has 0 atom stereocenters. The second kappa shape index (κ2) is 7.13. The number of thioether (sulfide) groups is 1. The van der Waals surface area contributed by atoms with Gasteiger partial charge in [-0.1, -0.05) is 6.07 Å². The Morgan fingerprint density at radius 2 is 1.95 bits per heavy atom. The van der Waals surface area contributed by atoms with Gasteiger partial charge in [-0.3, -0.25) is 4.79 Å². The van der Waals surface area contributed by atoms with E-state index in [-0.39, 0.29) is 11.7 Å². The molecule has 0 radical (unpaired) electrons. The van der Waals surface area contributed by atoms with Crippen LogP contribution in [0.25, 0.3) is 0 Å². The third kappa shape index (κ3) is 4.23. The van der Waals surface area contributed by atoms with E-state index in [1.54, 1.807) is 17.0 Å². The second-order valence-electron chi connectivity index (χ2n) is 4.48. The summed E-state index contributed by atoms with van der Waals surface area (Å²) >= 11 is 1.44. The summed E-state index contributed by atoms with van der Waals surface area (Å²) in [6.45, 7) is 2.44. The molecule has 5 heteroatoms. The minimum Gasteiger partial charge on any atom is -0.399 e. The highest BCUT2D eigenvalue weighted by Gasteiger charge is 2.14. The van der Waals surface area contributed by atoms with Crippen LogP contribution in [-0.2, 0) is 4.79 Å². The fraction of sp³-hybridized carbons (Fsp3) is 0.188. The molecule has 0 aromatic heterocycles. The first-order valence-electron chi connectivity index (χ1n) is 6.64. The molecule has 3 nitrogen and oxygen atoms in total. The van der Waals surface area contributed by atoms with Crippen LogP contribution in [0.2, 0.25) is 0 Å². The maximum atomic E-state index is 12.9. The maximum Gasteiger partial charge on any atom is 0.237 e. The predicted molar refractivity (Wildman–Crippen MR) is 86.0 cm³/mol. The van der Waals surface area contributed by atoms with E-state index in [0.29, 0.717) is 23.7 Å². The van der Waals surface area contributed by atoms with Crippen molar-refractivity contribution in [1.82, 2.24) is 0 Å². The van der Waals surface area contributed by atoms with Crippen LogP contribution in [0.4, 0.5) is 15.8 Å². The first-order chi connectivity index (χ1) is 10.1. The Balaban J connectivity index is 2.02. The van der Waals surface area contributed by atoms with Crippen molar-refractivity contribution >= 4 is 29.0 Å². The van der Waals surface area contributed by atoms with E-state index < -0.39 is 0 Å². The molecule has 0 aliphatic heterocycles. The van der Waals surface area contributed by atoms with Crippen molar-refractivity contribution in [3.05, 3.63) is 54.3 Å². The van der Waals surface area contributed by atoms with Gasteiger partial charge in [-0.2, -0.15) is 0 Å². The zero-order chi connectivity index (χ0) is 15.2. The molecule has 0 aliphatic rings. The summed E-state index contributed by atoms with van der Waals surface area (Å²) in [5.41, 5.74) is 7.10. The Hall–Kier alpha value is -2.01. The van der Waals surface area contributed by atoms with Crippen molar-refractivity contribution in [2.75, 3.05) is 22.9 Å². The van der Waals surface area contributed by atoms with Gasteiger partial charge in [0.05, 0.1) is 5.75 Å². The van der Waals surface area contributed by atoms with E-state index in [0.717, 1.165) is 4.90 Å². The molecule has 0 aliphatic carbocycles. The Labute approximate surface area is 127 Å². The first kappa shape index (κ1) is 15.4. The van der Waals surface area contributed by atoms with Crippen molar-refractivity contribution in [1.29, 1.82) is 0 Å². The van der Waals surface area contributed by atoms with Crippen LogP contribution >= 0.6 is 11.8 Å². The lowest BCUT2D eigenvalue weighted by Crippen LogP contribution is -2.32. The van der Waals surface area contributed by atoms with Crippen LogP contribution in [-0.4, -0.2) is 18.2 Å². The van der Waals surface area contributed by atoms with E-state index in [9.17, 15) is 9.18 Å². The number of carbonyl (C=O) groups is 1. The zero-order valence-corrected chi connectivity index (χ0v) is 12.6. The molecule has 2 rings (SSSR count). The number of nitrogens with zero attached hydrogens (tertiary/aromatic N) is 1. The Morgan fingerprint density at radius 3 is 2.57 bits per heavy atom. The minimum absolute atomic E-state index is 0.0171. The van der Waals surface area contributed by atoms with E-state index in [2.05, 4.69) is 0 Å². The highest BCUT2D eigenvalue weighted by molar-refractivity contribution is 8.00. The lowest BCUT2D eigenvalue weighted by atomic mass is 10.3. The highest BCUT2D eigenvalue weighted by Crippen LogP contribution is 2.22. The van der Waals surface area contributed by atoms with Crippen LogP contribution < -0.4 is 10.6 Å². The molecule has 0 heterocycles. The van der Waals surface area contributed by atoms with Crippen LogP contribution in [0.15, 0.2) is 53.4 Å². The first-order valence-corrected chi connectivity index (χ1v) is 7.63. The summed E-state index contributed by atoms with van der Waals surface area (Å²) in [4.78, 5) is 14.9. The van der Waals surface area contributed by atoms with E-state index in [1.165, 1.54) is 23.9 Å². The topological polar surface area (TPSA) is 46.3 Å². The molecule has 2 aromatic rings. The number of nitrogen functional groups attached to an aromatic ring is 1. The average Bonchev–Trinajstić information content (AvgIpc) is 2.48. The number of rotatable bonds is 5. The summed E-state index contributed by atoms with van der Waals surface area (Å²) in [5.74, 6) is -0.0118. The van der Waals surface area contributed by atoms with Crippen LogP contribution in [0.3, 0.4) is 0 Å². The molecule has 0 saturated carbocycles. The van der Waals surface area contributed by atoms with E-state index in [1.807, 2.05) is 31.2 Å². The van der Waals surface area contributed by atoms with Gasteiger partial charge >= 0.3 is 0 Å². The van der Waals surface area contributed by atoms with Gasteiger partial charge in [-0.15, -0.1) is 11.8 Å². The maximum absolute atomic E-state index is 12.9. The SMILES string of the molecule is CCN(C(=O)CSc1cccc(N)c1)c1ccc(F)cc1. The second-order valence-corrected chi connectivity index (χ2v) is 5.52. The molecule has 21 heavy (non-hydrogen) atoms. The van der Waals surface area contributed by atoms with Gasteiger partial charge in [-0.25, -0.2) is 4.39 Å².